The first-order valence-corrected chi connectivity index (χ1v) is 9.67. The molecule has 0 spiro atoms. The summed E-state index contributed by atoms with van der Waals surface area (Å²) in [6.07, 6.45) is 1.94. The Labute approximate surface area is 166 Å². The van der Waals surface area contributed by atoms with Gasteiger partial charge in [0.25, 0.3) is 5.91 Å². The summed E-state index contributed by atoms with van der Waals surface area (Å²) >= 11 is 7.51. The summed E-state index contributed by atoms with van der Waals surface area (Å²) in [6.45, 7) is 2.01. The SMILES string of the molecule is COc1ccc(Cl)cc1NC1NC(=O)/C(=C/c2c(C)[nH]c3ccccc23)S1. The molecule has 1 atom stereocenters. The third kappa shape index (κ3) is 3.50. The van der Waals surface area contributed by atoms with Crippen molar-refractivity contribution < 1.29 is 9.53 Å². The van der Waals surface area contributed by atoms with E-state index in [1.54, 1.807) is 25.3 Å². The standard InChI is InChI=1S/C20H18ClN3O2S/c1-11-14(13-5-3-4-6-15(13)22-11)10-18-19(25)24-20(27-18)23-16-9-12(21)7-8-17(16)26-2/h3-10,20,22-23H,1-2H3,(H,24,25)/b18-10-. The van der Waals surface area contributed by atoms with Crippen LogP contribution < -0.4 is 15.4 Å². The molecule has 0 saturated carbocycles. The van der Waals surface area contributed by atoms with Crippen LogP contribution in [0, 0.1) is 6.92 Å². The molecule has 1 amide bonds. The number of aromatic nitrogens is 1. The molecule has 7 heteroatoms. The molecule has 27 heavy (non-hydrogen) atoms. The Morgan fingerprint density at radius 3 is 2.89 bits per heavy atom. The number of H-pyrrole nitrogens is 1. The normalized spacial score (nSPS) is 18.1. The molecule has 3 aromatic rings. The van der Waals surface area contributed by atoms with Gasteiger partial charge in [0.15, 0.2) is 5.50 Å². The van der Waals surface area contributed by atoms with E-state index in [4.69, 9.17) is 16.3 Å². The van der Waals surface area contributed by atoms with E-state index in [2.05, 4.69) is 21.7 Å². The molecule has 5 nitrogen and oxygen atoms in total. The molecule has 1 aliphatic heterocycles. The minimum Gasteiger partial charge on any atom is -0.495 e. The highest BCUT2D eigenvalue weighted by Crippen LogP contribution is 2.35. The fraction of sp³-hybridized carbons (Fsp3) is 0.150. The van der Waals surface area contributed by atoms with Gasteiger partial charge < -0.3 is 20.4 Å². The topological polar surface area (TPSA) is 66.2 Å². The third-order valence-corrected chi connectivity index (χ3v) is 5.66. The molecule has 1 saturated heterocycles. The maximum absolute atomic E-state index is 12.5. The number of para-hydroxylation sites is 1. The monoisotopic (exact) mass is 399 g/mol. The number of anilines is 1. The molecule has 1 fully saturated rings. The first kappa shape index (κ1) is 17.8. The number of aromatic amines is 1. The van der Waals surface area contributed by atoms with E-state index in [9.17, 15) is 4.79 Å². The summed E-state index contributed by atoms with van der Waals surface area (Å²) in [7, 11) is 1.60. The number of methoxy groups -OCH3 is 1. The Balaban J connectivity index is 1.60. The molecular weight excluding hydrogens is 382 g/mol. The first-order chi connectivity index (χ1) is 13.0. The van der Waals surface area contributed by atoms with Gasteiger partial charge in [0.1, 0.15) is 5.75 Å². The largest absolute Gasteiger partial charge is 0.495 e. The van der Waals surface area contributed by atoms with E-state index in [0.717, 1.165) is 27.8 Å². The number of carbonyl (C=O) groups is 1. The van der Waals surface area contributed by atoms with Crippen LogP contribution in [0.15, 0.2) is 47.4 Å². The lowest BCUT2D eigenvalue weighted by Crippen LogP contribution is -2.31. The number of fused-ring (bicyclic) bond motifs is 1. The first-order valence-electron chi connectivity index (χ1n) is 8.42. The number of rotatable bonds is 4. The fourth-order valence-corrected chi connectivity index (χ4v) is 4.24. The van der Waals surface area contributed by atoms with E-state index in [-0.39, 0.29) is 11.4 Å². The molecule has 0 bridgehead atoms. The Morgan fingerprint density at radius 1 is 1.26 bits per heavy atom. The summed E-state index contributed by atoms with van der Waals surface area (Å²) in [5.74, 6) is 0.558. The number of hydrogen-bond acceptors (Lipinski definition) is 4. The zero-order chi connectivity index (χ0) is 19.0. The average molecular weight is 400 g/mol. The van der Waals surface area contributed by atoms with Gasteiger partial charge in [0.2, 0.25) is 0 Å². The fourth-order valence-electron chi connectivity index (χ4n) is 3.11. The van der Waals surface area contributed by atoms with Gasteiger partial charge in [0, 0.05) is 27.2 Å². The van der Waals surface area contributed by atoms with Crippen LogP contribution in [-0.2, 0) is 4.79 Å². The number of hydrogen-bond donors (Lipinski definition) is 3. The molecule has 2 aromatic carbocycles. The number of aryl methyl sites for hydroxylation is 1. The summed E-state index contributed by atoms with van der Waals surface area (Å²) in [4.78, 5) is 16.5. The van der Waals surface area contributed by atoms with Crippen LogP contribution in [-0.4, -0.2) is 23.5 Å². The van der Waals surface area contributed by atoms with Gasteiger partial charge in [-0.15, -0.1) is 0 Å². The van der Waals surface area contributed by atoms with Crippen molar-refractivity contribution in [2.24, 2.45) is 0 Å². The molecule has 2 heterocycles. The van der Waals surface area contributed by atoms with E-state index >= 15 is 0 Å². The predicted molar refractivity (Wildman–Crippen MR) is 112 cm³/mol. The van der Waals surface area contributed by atoms with Gasteiger partial charge in [-0.1, -0.05) is 41.6 Å². The summed E-state index contributed by atoms with van der Waals surface area (Å²) in [5, 5.41) is 7.90. The number of halogens is 1. The van der Waals surface area contributed by atoms with Crippen LogP contribution in [0.3, 0.4) is 0 Å². The van der Waals surface area contributed by atoms with Crippen LogP contribution in [0.25, 0.3) is 17.0 Å². The van der Waals surface area contributed by atoms with Crippen LogP contribution in [0.5, 0.6) is 5.75 Å². The molecule has 0 aliphatic carbocycles. The minimum absolute atomic E-state index is 0.108. The molecule has 1 aliphatic rings. The minimum atomic E-state index is -0.304. The van der Waals surface area contributed by atoms with Crippen LogP contribution >= 0.6 is 23.4 Å². The van der Waals surface area contributed by atoms with Gasteiger partial charge >= 0.3 is 0 Å². The van der Waals surface area contributed by atoms with E-state index < -0.39 is 0 Å². The summed E-state index contributed by atoms with van der Waals surface area (Å²) < 4.78 is 5.35. The molecule has 4 rings (SSSR count). The number of ether oxygens (including phenoxy) is 1. The zero-order valence-corrected chi connectivity index (χ0v) is 16.4. The van der Waals surface area contributed by atoms with Gasteiger partial charge in [-0.3, -0.25) is 4.79 Å². The van der Waals surface area contributed by atoms with Crippen molar-refractivity contribution in [1.29, 1.82) is 0 Å². The van der Waals surface area contributed by atoms with Crippen molar-refractivity contribution in [3.63, 3.8) is 0 Å². The van der Waals surface area contributed by atoms with Gasteiger partial charge in [-0.2, -0.15) is 0 Å². The number of amides is 1. The van der Waals surface area contributed by atoms with Crippen LogP contribution in [0.1, 0.15) is 11.3 Å². The van der Waals surface area contributed by atoms with Crippen molar-refractivity contribution in [1.82, 2.24) is 10.3 Å². The lowest BCUT2D eigenvalue weighted by atomic mass is 10.1. The van der Waals surface area contributed by atoms with Crippen molar-refractivity contribution >= 4 is 51.9 Å². The molecule has 1 unspecified atom stereocenters. The van der Waals surface area contributed by atoms with Gasteiger partial charge in [-0.25, -0.2) is 0 Å². The maximum Gasteiger partial charge on any atom is 0.260 e. The van der Waals surface area contributed by atoms with Gasteiger partial charge in [-0.05, 0) is 37.3 Å². The average Bonchev–Trinajstić information content (AvgIpc) is 3.15. The molecular formula is C20H18ClN3O2S. The predicted octanol–water partition coefficient (Wildman–Crippen LogP) is 4.74. The zero-order valence-electron chi connectivity index (χ0n) is 14.8. The highest BCUT2D eigenvalue weighted by atomic mass is 35.5. The number of nitrogens with one attached hydrogen (secondary N) is 3. The molecule has 0 radical (unpaired) electrons. The highest BCUT2D eigenvalue weighted by molar-refractivity contribution is 8.05. The van der Waals surface area contributed by atoms with Crippen LogP contribution in [0.2, 0.25) is 5.02 Å². The van der Waals surface area contributed by atoms with Crippen molar-refractivity contribution in [2.75, 3.05) is 12.4 Å². The van der Waals surface area contributed by atoms with Crippen molar-refractivity contribution in [2.45, 2.75) is 12.4 Å². The molecule has 1 aromatic heterocycles. The van der Waals surface area contributed by atoms with Gasteiger partial charge in [0.05, 0.1) is 17.7 Å². The van der Waals surface area contributed by atoms with Crippen molar-refractivity contribution in [3.05, 3.63) is 63.6 Å². The second-order valence-corrected chi connectivity index (χ2v) is 7.76. The van der Waals surface area contributed by atoms with E-state index in [1.165, 1.54) is 11.8 Å². The van der Waals surface area contributed by atoms with Crippen molar-refractivity contribution in [3.8, 4) is 5.75 Å². The third-order valence-electron chi connectivity index (χ3n) is 4.40. The molecule has 138 valence electrons. The lowest BCUT2D eigenvalue weighted by Gasteiger charge is -2.15. The second kappa shape index (κ2) is 7.21. The number of carbonyl (C=O) groups excluding carboxylic acids is 1. The second-order valence-electron chi connectivity index (χ2n) is 6.18. The maximum atomic E-state index is 12.5. The molecule has 3 N–H and O–H groups in total. The van der Waals surface area contributed by atoms with Crippen LogP contribution in [0.4, 0.5) is 5.69 Å². The smallest absolute Gasteiger partial charge is 0.260 e. The summed E-state index contributed by atoms with van der Waals surface area (Å²) in [6, 6.07) is 13.4. The Hall–Kier alpha value is -2.57. The Bertz CT molecular complexity index is 1060. The van der Waals surface area contributed by atoms with E-state index in [0.29, 0.717) is 15.7 Å². The van der Waals surface area contributed by atoms with E-state index in [1.807, 2.05) is 31.2 Å². The number of thioether (sulfide) groups is 1. The Morgan fingerprint density at radius 2 is 2.07 bits per heavy atom. The summed E-state index contributed by atoms with van der Waals surface area (Å²) in [5.41, 5.74) is 3.55. The number of benzene rings is 2. The lowest BCUT2D eigenvalue weighted by molar-refractivity contribution is -0.116. The Kier molecular flexibility index (Phi) is 4.76. The quantitative estimate of drug-likeness (QED) is 0.554. The highest BCUT2D eigenvalue weighted by Gasteiger charge is 2.28.